The first-order valence-electron chi connectivity index (χ1n) is 4.21. The van der Waals surface area contributed by atoms with Crippen LogP contribution >= 0.6 is 0 Å². The van der Waals surface area contributed by atoms with Crippen molar-refractivity contribution >= 4 is 11.9 Å². The lowest BCUT2D eigenvalue weighted by Gasteiger charge is -2.11. The van der Waals surface area contributed by atoms with E-state index in [1.165, 1.54) is 0 Å². The van der Waals surface area contributed by atoms with Gasteiger partial charge in [-0.3, -0.25) is 10.1 Å². The number of amides is 1. The van der Waals surface area contributed by atoms with E-state index in [1.54, 1.807) is 0 Å². The van der Waals surface area contributed by atoms with Crippen molar-refractivity contribution in [1.29, 1.82) is 0 Å². The van der Waals surface area contributed by atoms with Gasteiger partial charge in [-0.05, 0) is 0 Å². The quantitative estimate of drug-likeness (QED) is 0.378. The zero-order valence-electron chi connectivity index (χ0n) is 8.12. The highest BCUT2D eigenvalue weighted by molar-refractivity contribution is 5.84. The summed E-state index contributed by atoms with van der Waals surface area (Å²) in [6.07, 6.45) is 9.86. The molecule has 80 valence electrons. The van der Waals surface area contributed by atoms with E-state index < -0.39 is 17.9 Å². The maximum atomic E-state index is 11.1. The summed E-state index contributed by atoms with van der Waals surface area (Å²) in [5, 5.41) is 13.6. The lowest BCUT2D eigenvalue weighted by atomic mass is 10.2. The molecule has 5 nitrogen and oxygen atoms in total. The van der Waals surface area contributed by atoms with Gasteiger partial charge < -0.3 is 10.4 Å². The SMILES string of the molecule is C#CCNCC(=O)NC(CC#C)C(=O)O. The smallest absolute Gasteiger partial charge is 0.327 e. The second kappa shape index (κ2) is 7.43. The number of carboxylic acid groups (broad SMARTS) is 1. The number of carbonyl (C=O) groups excluding carboxylic acids is 1. The topological polar surface area (TPSA) is 78.4 Å². The number of hydrogen-bond acceptors (Lipinski definition) is 3. The molecule has 1 unspecified atom stereocenters. The molecule has 0 heterocycles. The largest absolute Gasteiger partial charge is 0.480 e. The number of carbonyl (C=O) groups is 2. The molecule has 0 aromatic heterocycles. The molecule has 0 bridgehead atoms. The van der Waals surface area contributed by atoms with Crippen LogP contribution in [0, 0.1) is 24.7 Å². The predicted octanol–water partition coefficient (Wildman–Crippen LogP) is -1.20. The highest BCUT2D eigenvalue weighted by atomic mass is 16.4. The second-order valence-corrected chi connectivity index (χ2v) is 2.67. The summed E-state index contributed by atoms with van der Waals surface area (Å²) < 4.78 is 0. The fraction of sp³-hybridized carbons (Fsp3) is 0.400. The van der Waals surface area contributed by atoms with Crippen LogP contribution in [0.4, 0.5) is 0 Å². The van der Waals surface area contributed by atoms with E-state index in [1.807, 2.05) is 0 Å². The van der Waals surface area contributed by atoms with Gasteiger partial charge in [0.05, 0.1) is 13.1 Å². The molecule has 1 atom stereocenters. The van der Waals surface area contributed by atoms with Gasteiger partial charge >= 0.3 is 5.97 Å². The van der Waals surface area contributed by atoms with E-state index in [0.29, 0.717) is 0 Å². The second-order valence-electron chi connectivity index (χ2n) is 2.67. The Balaban J connectivity index is 3.97. The number of nitrogens with one attached hydrogen (secondary N) is 2. The standard InChI is InChI=1S/C10H12N2O3/c1-3-5-8(10(14)15)12-9(13)7-11-6-4-2/h1-2,8,11H,5-7H2,(H,12,13)(H,14,15). The van der Waals surface area contributed by atoms with Crippen LogP contribution in [0.3, 0.4) is 0 Å². The Bertz CT molecular complexity index is 312. The first-order valence-corrected chi connectivity index (χ1v) is 4.21. The van der Waals surface area contributed by atoms with E-state index in [-0.39, 0.29) is 19.5 Å². The predicted molar refractivity (Wildman–Crippen MR) is 54.7 cm³/mol. The number of carboxylic acids is 1. The highest BCUT2D eigenvalue weighted by Gasteiger charge is 2.17. The fourth-order valence-electron chi connectivity index (χ4n) is 0.811. The average Bonchev–Trinajstić information content (AvgIpc) is 2.17. The zero-order chi connectivity index (χ0) is 11.7. The van der Waals surface area contributed by atoms with E-state index in [9.17, 15) is 9.59 Å². The molecule has 0 rings (SSSR count). The van der Waals surface area contributed by atoms with Crippen molar-refractivity contribution in [1.82, 2.24) is 10.6 Å². The van der Waals surface area contributed by atoms with Crippen LogP contribution in [-0.2, 0) is 9.59 Å². The Morgan fingerprint density at radius 1 is 1.33 bits per heavy atom. The molecule has 0 aromatic rings. The molecule has 0 saturated carbocycles. The van der Waals surface area contributed by atoms with Crippen molar-refractivity contribution in [2.24, 2.45) is 0 Å². The average molecular weight is 208 g/mol. The third kappa shape index (κ3) is 6.14. The van der Waals surface area contributed by atoms with Gasteiger partial charge in [0.2, 0.25) is 5.91 Å². The van der Waals surface area contributed by atoms with Crippen LogP contribution in [0.5, 0.6) is 0 Å². The lowest BCUT2D eigenvalue weighted by molar-refractivity contribution is -0.141. The van der Waals surface area contributed by atoms with E-state index >= 15 is 0 Å². The Hall–Kier alpha value is -1.98. The van der Waals surface area contributed by atoms with Gasteiger partial charge in [0.15, 0.2) is 0 Å². The van der Waals surface area contributed by atoms with Crippen molar-refractivity contribution < 1.29 is 14.7 Å². The molecule has 0 fully saturated rings. The van der Waals surface area contributed by atoms with Gasteiger partial charge in [-0.25, -0.2) is 4.79 Å². The van der Waals surface area contributed by atoms with Gasteiger partial charge in [0.25, 0.3) is 0 Å². The molecule has 15 heavy (non-hydrogen) atoms. The number of hydrogen-bond donors (Lipinski definition) is 3. The van der Waals surface area contributed by atoms with Gasteiger partial charge in [0, 0.05) is 6.42 Å². The molecule has 3 N–H and O–H groups in total. The van der Waals surface area contributed by atoms with Crippen LogP contribution in [-0.4, -0.2) is 36.1 Å². The Morgan fingerprint density at radius 3 is 2.47 bits per heavy atom. The summed E-state index contributed by atoms with van der Waals surface area (Å²) in [4.78, 5) is 21.7. The summed E-state index contributed by atoms with van der Waals surface area (Å²) in [6, 6.07) is -1.05. The summed E-state index contributed by atoms with van der Waals surface area (Å²) >= 11 is 0. The van der Waals surface area contributed by atoms with Crippen molar-refractivity contribution in [2.75, 3.05) is 13.1 Å². The Kier molecular flexibility index (Phi) is 6.45. The molecule has 1 amide bonds. The minimum Gasteiger partial charge on any atom is -0.480 e. The molecule has 5 heteroatoms. The van der Waals surface area contributed by atoms with Crippen molar-refractivity contribution in [2.45, 2.75) is 12.5 Å². The molecular weight excluding hydrogens is 196 g/mol. The lowest BCUT2D eigenvalue weighted by Crippen LogP contribution is -2.44. The van der Waals surface area contributed by atoms with Crippen molar-refractivity contribution in [3.05, 3.63) is 0 Å². The van der Waals surface area contributed by atoms with Gasteiger partial charge in [-0.2, -0.15) is 0 Å². The van der Waals surface area contributed by atoms with E-state index in [2.05, 4.69) is 22.5 Å². The van der Waals surface area contributed by atoms with Gasteiger partial charge in [0.1, 0.15) is 6.04 Å². The first kappa shape index (κ1) is 13.0. The number of terminal acetylenes is 2. The number of aliphatic carboxylic acids is 1. The normalized spacial score (nSPS) is 10.8. The Morgan fingerprint density at radius 2 is 2.00 bits per heavy atom. The summed E-state index contributed by atoms with van der Waals surface area (Å²) in [7, 11) is 0. The van der Waals surface area contributed by atoms with Crippen LogP contribution in [0.15, 0.2) is 0 Å². The van der Waals surface area contributed by atoms with Crippen molar-refractivity contribution in [3.8, 4) is 24.7 Å². The summed E-state index contributed by atoms with van der Waals surface area (Å²) in [6.45, 7) is 0.221. The fourth-order valence-corrected chi connectivity index (χ4v) is 0.811. The minimum atomic E-state index is -1.15. The highest BCUT2D eigenvalue weighted by Crippen LogP contribution is 1.90. The van der Waals surface area contributed by atoms with Crippen LogP contribution < -0.4 is 10.6 Å². The summed E-state index contributed by atoms with van der Waals surface area (Å²) in [5.41, 5.74) is 0. The summed E-state index contributed by atoms with van der Waals surface area (Å²) in [5.74, 6) is 2.85. The third-order valence-electron chi connectivity index (χ3n) is 1.47. The molecular formula is C10H12N2O3. The first-order chi connectivity index (χ1) is 7.11. The number of rotatable bonds is 6. The van der Waals surface area contributed by atoms with Gasteiger partial charge in [-0.15, -0.1) is 18.8 Å². The van der Waals surface area contributed by atoms with E-state index in [0.717, 1.165) is 0 Å². The molecule has 0 spiro atoms. The van der Waals surface area contributed by atoms with E-state index in [4.69, 9.17) is 18.0 Å². The molecule has 0 saturated heterocycles. The zero-order valence-corrected chi connectivity index (χ0v) is 8.12. The molecule has 0 radical (unpaired) electrons. The molecule has 0 aromatic carbocycles. The molecule has 0 aliphatic rings. The van der Waals surface area contributed by atoms with Crippen molar-refractivity contribution in [3.63, 3.8) is 0 Å². The monoisotopic (exact) mass is 208 g/mol. The Labute approximate surface area is 88.2 Å². The third-order valence-corrected chi connectivity index (χ3v) is 1.47. The van der Waals surface area contributed by atoms with Crippen LogP contribution in [0.25, 0.3) is 0 Å². The molecule has 0 aliphatic carbocycles. The minimum absolute atomic E-state index is 0.0292. The maximum Gasteiger partial charge on any atom is 0.327 e. The maximum absolute atomic E-state index is 11.1. The molecule has 0 aliphatic heterocycles. The van der Waals surface area contributed by atoms with Crippen LogP contribution in [0.1, 0.15) is 6.42 Å². The van der Waals surface area contributed by atoms with Gasteiger partial charge in [-0.1, -0.05) is 5.92 Å². The van der Waals surface area contributed by atoms with Crippen LogP contribution in [0.2, 0.25) is 0 Å².